The van der Waals surface area contributed by atoms with E-state index in [9.17, 15) is 4.79 Å². The molecule has 4 nitrogen and oxygen atoms in total. The molecule has 0 bridgehead atoms. The van der Waals surface area contributed by atoms with Crippen molar-refractivity contribution in [3.05, 3.63) is 23.9 Å². The molecule has 0 unspecified atom stereocenters. The van der Waals surface area contributed by atoms with Crippen LogP contribution in [0.5, 0.6) is 0 Å². The first kappa shape index (κ1) is 12.9. The summed E-state index contributed by atoms with van der Waals surface area (Å²) in [6.07, 6.45) is 4.75. The molecule has 1 aromatic heterocycles. The van der Waals surface area contributed by atoms with Gasteiger partial charge >= 0.3 is 6.09 Å². The second-order valence-corrected chi connectivity index (χ2v) is 4.48. The summed E-state index contributed by atoms with van der Waals surface area (Å²) in [5, 5.41) is 0. The molecule has 1 amide bonds. The maximum Gasteiger partial charge on any atom is 0.416 e. The average Bonchev–Trinajstić information content (AvgIpc) is 2.93. The lowest BCUT2D eigenvalue weighted by Gasteiger charge is -2.18. The molecule has 1 aliphatic carbocycles. The van der Waals surface area contributed by atoms with E-state index in [1.54, 1.807) is 11.1 Å². The summed E-state index contributed by atoms with van der Waals surface area (Å²) in [6, 6.07) is 4.05. The largest absolute Gasteiger partial charge is 0.444 e. The molecular formula is C14H20N2O2. The Morgan fingerprint density at radius 3 is 2.78 bits per heavy atom. The summed E-state index contributed by atoms with van der Waals surface area (Å²) >= 11 is 0. The molecule has 2 fully saturated rings. The van der Waals surface area contributed by atoms with Crippen molar-refractivity contribution in [1.29, 1.82) is 0 Å². The SMILES string of the molecule is CC.Cc1ccc(N2C(=O)O[C@H]3CCC[C@H]32)nc1. The van der Waals surface area contributed by atoms with E-state index in [4.69, 9.17) is 4.74 Å². The standard InChI is InChI=1S/C12H14N2O2.C2H6/c1-8-5-6-11(13-7-8)14-9-3-2-4-10(9)16-12(14)15;1-2/h5-7,9-10H,2-4H2,1H3;1-2H3/t9-,10+;/m1./s1. The van der Waals surface area contributed by atoms with Crippen molar-refractivity contribution in [2.24, 2.45) is 0 Å². The number of rotatable bonds is 1. The highest BCUT2D eigenvalue weighted by Crippen LogP contribution is 2.35. The number of aryl methyl sites for hydroxylation is 1. The number of fused-ring (bicyclic) bond motifs is 1. The molecule has 3 rings (SSSR count). The van der Waals surface area contributed by atoms with Gasteiger partial charge in [0.2, 0.25) is 0 Å². The van der Waals surface area contributed by atoms with Crippen LogP contribution in [0.4, 0.5) is 10.6 Å². The Bertz CT molecular complexity index is 416. The number of nitrogens with zero attached hydrogens (tertiary/aromatic N) is 2. The Balaban J connectivity index is 0.000000574. The average molecular weight is 248 g/mol. The summed E-state index contributed by atoms with van der Waals surface area (Å²) in [6.45, 7) is 5.98. The maximum absolute atomic E-state index is 11.7. The molecule has 2 heterocycles. The monoisotopic (exact) mass is 248 g/mol. The Morgan fingerprint density at radius 1 is 1.33 bits per heavy atom. The third-order valence-corrected chi connectivity index (χ3v) is 3.34. The maximum atomic E-state index is 11.7. The van der Waals surface area contributed by atoms with Gasteiger partial charge in [-0.25, -0.2) is 9.78 Å². The normalized spacial score (nSPS) is 25.3. The lowest BCUT2D eigenvalue weighted by molar-refractivity contribution is 0.138. The van der Waals surface area contributed by atoms with Crippen molar-refractivity contribution in [2.45, 2.75) is 52.2 Å². The molecular weight excluding hydrogens is 228 g/mol. The van der Waals surface area contributed by atoms with E-state index in [2.05, 4.69) is 4.98 Å². The third kappa shape index (κ3) is 2.19. The zero-order valence-electron chi connectivity index (χ0n) is 11.2. The minimum absolute atomic E-state index is 0.0793. The fourth-order valence-electron chi connectivity index (χ4n) is 2.53. The molecule has 1 aromatic rings. The van der Waals surface area contributed by atoms with Gasteiger partial charge in [-0.05, 0) is 37.8 Å². The molecule has 1 saturated carbocycles. The second-order valence-electron chi connectivity index (χ2n) is 4.48. The van der Waals surface area contributed by atoms with E-state index in [0.29, 0.717) is 5.82 Å². The molecule has 0 spiro atoms. The highest BCUT2D eigenvalue weighted by Gasteiger charge is 2.45. The fraction of sp³-hybridized carbons (Fsp3) is 0.571. The first-order chi connectivity index (χ1) is 8.75. The van der Waals surface area contributed by atoms with Gasteiger partial charge in [-0.15, -0.1) is 0 Å². The zero-order valence-corrected chi connectivity index (χ0v) is 11.2. The number of anilines is 1. The number of hydrogen-bond acceptors (Lipinski definition) is 3. The molecule has 0 radical (unpaired) electrons. The highest BCUT2D eigenvalue weighted by atomic mass is 16.6. The zero-order chi connectivity index (χ0) is 13.1. The number of hydrogen-bond donors (Lipinski definition) is 0. The predicted octanol–water partition coefficient (Wildman–Crippen LogP) is 3.29. The van der Waals surface area contributed by atoms with Crippen LogP contribution in [0.2, 0.25) is 0 Å². The minimum atomic E-state index is -0.244. The summed E-state index contributed by atoms with van der Waals surface area (Å²) in [5.74, 6) is 0.713. The smallest absolute Gasteiger partial charge is 0.416 e. The molecule has 4 heteroatoms. The number of aromatic nitrogens is 1. The van der Waals surface area contributed by atoms with Crippen LogP contribution >= 0.6 is 0 Å². The molecule has 1 saturated heterocycles. The van der Waals surface area contributed by atoms with Crippen molar-refractivity contribution < 1.29 is 9.53 Å². The van der Waals surface area contributed by atoms with Gasteiger partial charge in [0.25, 0.3) is 0 Å². The van der Waals surface area contributed by atoms with E-state index < -0.39 is 0 Å². The van der Waals surface area contributed by atoms with Gasteiger partial charge in [-0.1, -0.05) is 19.9 Å². The first-order valence-corrected chi connectivity index (χ1v) is 6.68. The lowest BCUT2D eigenvalue weighted by atomic mass is 10.2. The van der Waals surface area contributed by atoms with Gasteiger partial charge in [0.1, 0.15) is 11.9 Å². The van der Waals surface area contributed by atoms with E-state index in [1.807, 2.05) is 32.9 Å². The van der Waals surface area contributed by atoms with Gasteiger partial charge in [0, 0.05) is 6.20 Å². The number of carbonyl (C=O) groups is 1. The summed E-state index contributed by atoms with van der Waals surface area (Å²) in [4.78, 5) is 17.7. The first-order valence-electron chi connectivity index (χ1n) is 6.68. The van der Waals surface area contributed by atoms with Crippen LogP contribution in [0.25, 0.3) is 0 Å². The topological polar surface area (TPSA) is 42.4 Å². The predicted molar refractivity (Wildman–Crippen MR) is 70.7 cm³/mol. The highest BCUT2D eigenvalue weighted by molar-refractivity contribution is 5.89. The van der Waals surface area contributed by atoms with Crippen molar-refractivity contribution in [3.8, 4) is 0 Å². The third-order valence-electron chi connectivity index (χ3n) is 3.34. The van der Waals surface area contributed by atoms with Crippen LogP contribution in [0.3, 0.4) is 0 Å². The van der Waals surface area contributed by atoms with Crippen molar-refractivity contribution >= 4 is 11.9 Å². The number of amides is 1. The fourth-order valence-corrected chi connectivity index (χ4v) is 2.53. The van der Waals surface area contributed by atoms with Gasteiger partial charge in [0.15, 0.2) is 0 Å². The Hall–Kier alpha value is -1.58. The molecule has 18 heavy (non-hydrogen) atoms. The lowest BCUT2D eigenvalue weighted by Crippen LogP contribution is -2.34. The van der Waals surface area contributed by atoms with Crippen molar-refractivity contribution in [1.82, 2.24) is 4.98 Å². The van der Waals surface area contributed by atoms with Gasteiger partial charge in [-0.2, -0.15) is 0 Å². The van der Waals surface area contributed by atoms with Crippen LogP contribution in [0, 0.1) is 6.92 Å². The Kier molecular flexibility index (Phi) is 3.84. The molecule has 2 aliphatic rings. The van der Waals surface area contributed by atoms with E-state index in [0.717, 1.165) is 24.8 Å². The van der Waals surface area contributed by atoms with Gasteiger partial charge < -0.3 is 4.74 Å². The number of ether oxygens (including phenoxy) is 1. The van der Waals surface area contributed by atoms with E-state index in [1.165, 1.54) is 0 Å². The minimum Gasteiger partial charge on any atom is -0.444 e. The summed E-state index contributed by atoms with van der Waals surface area (Å²) < 4.78 is 5.33. The number of carbonyl (C=O) groups excluding carboxylic acids is 1. The van der Waals surface area contributed by atoms with Crippen LogP contribution in [-0.4, -0.2) is 23.2 Å². The molecule has 1 aliphatic heterocycles. The van der Waals surface area contributed by atoms with Gasteiger partial charge in [0.05, 0.1) is 6.04 Å². The van der Waals surface area contributed by atoms with Crippen molar-refractivity contribution in [3.63, 3.8) is 0 Å². The van der Waals surface area contributed by atoms with E-state index in [-0.39, 0.29) is 18.2 Å². The summed E-state index contributed by atoms with van der Waals surface area (Å²) in [7, 11) is 0. The van der Waals surface area contributed by atoms with Crippen LogP contribution in [0.15, 0.2) is 18.3 Å². The Morgan fingerprint density at radius 2 is 2.11 bits per heavy atom. The second kappa shape index (κ2) is 5.38. The molecule has 0 N–H and O–H groups in total. The Labute approximate surface area is 108 Å². The summed E-state index contributed by atoms with van der Waals surface area (Å²) in [5.41, 5.74) is 1.10. The van der Waals surface area contributed by atoms with Crippen LogP contribution in [-0.2, 0) is 4.74 Å². The van der Waals surface area contributed by atoms with Gasteiger partial charge in [-0.3, -0.25) is 4.90 Å². The number of pyridine rings is 1. The van der Waals surface area contributed by atoms with Crippen LogP contribution in [0.1, 0.15) is 38.7 Å². The molecule has 0 aromatic carbocycles. The van der Waals surface area contributed by atoms with Crippen LogP contribution < -0.4 is 4.90 Å². The van der Waals surface area contributed by atoms with Crippen molar-refractivity contribution in [2.75, 3.05) is 4.90 Å². The van der Waals surface area contributed by atoms with E-state index >= 15 is 0 Å². The molecule has 2 atom stereocenters. The quantitative estimate of drug-likeness (QED) is 0.765. The molecule has 98 valence electrons.